The van der Waals surface area contributed by atoms with E-state index in [-0.39, 0.29) is 37.3 Å². The minimum absolute atomic E-state index is 0.0103. The zero-order valence-corrected chi connectivity index (χ0v) is 14.4. The zero-order valence-electron chi connectivity index (χ0n) is 13.5. The van der Waals surface area contributed by atoms with E-state index in [9.17, 15) is 27.6 Å². The Balaban J connectivity index is 2.34. The fourth-order valence-corrected chi connectivity index (χ4v) is 2.69. The molecular formula is C16H16F3NO5S. The van der Waals surface area contributed by atoms with E-state index in [0.717, 1.165) is 6.07 Å². The van der Waals surface area contributed by atoms with Crippen molar-refractivity contribution in [3.05, 3.63) is 29.1 Å². The molecule has 0 N–H and O–H groups in total. The van der Waals surface area contributed by atoms with Gasteiger partial charge in [0.15, 0.2) is 17.3 Å². The standard InChI is InChI=1S/C16H16F3NO5S/c17-16(18,19)13-5-4-9(10(20-13)8-24-6-7-25-26)15(23)14-11(21)2-1-3-12(14)22/h4-5,14,26H,1-3,6-8H2. The van der Waals surface area contributed by atoms with Gasteiger partial charge in [-0.05, 0) is 31.5 Å². The number of ketones is 3. The van der Waals surface area contributed by atoms with Crippen molar-refractivity contribution in [2.24, 2.45) is 5.92 Å². The number of hydrogen-bond donors (Lipinski definition) is 1. The minimum Gasteiger partial charge on any atom is -0.373 e. The minimum atomic E-state index is -4.71. The maximum absolute atomic E-state index is 12.9. The molecule has 1 heterocycles. The van der Waals surface area contributed by atoms with Crippen LogP contribution in [0.3, 0.4) is 0 Å². The summed E-state index contributed by atoms with van der Waals surface area (Å²) in [5.74, 6) is -3.38. The highest BCUT2D eigenvalue weighted by Gasteiger charge is 2.39. The Labute approximate surface area is 152 Å². The Kier molecular flexibility index (Phi) is 6.90. The highest BCUT2D eigenvalue weighted by Crippen LogP contribution is 2.30. The van der Waals surface area contributed by atoms with E-state index >= 15 is 0 Å². The number of nitrogens with zero attached hydrogens (tertiary/aromatic N) is 1. The van der Waals surface area contributed by atoms with Crippen molar-refractivity contribution in [3.8, 4) is 0 Å². The number of carbonyl (C=O) groups excluding carboxylic acids is 3. The monoisotopic (exact) mass is 391 g/mol. The molecular weight excluding hydrogens is 375 g/mol. The van der Waals surface area contributed by atoms with Gasteiger partial charge in [0.2, 0.25) is 0 Å². The number of carbonyl (C=O) groups is 3. The lowest BCUT2D eigenvalue weighted by atomic mass is 9.81. The second-order valence-electron chi connectivity index (χ2n) is 5.66. The van der Waals surface area contributed by atoms with Crippen molar-refractivity contribution in [3.63, 3.8) is 0 Å². The summed E-state index contributed by atoms with van der Waals surface area (Å²) in [6.07, 6.45) is -4.17. The van der Waals surface area contributed by atoms with Crippen LogP contribution in [0.4, 0.5) is 13.2 Å². The van der Waals surface area contributed by atoms with E-state index in [2.05, 4.69) is 22.1 Å². The highest BCUT2D eigenvalue weighted by molar-refractivity contribution is 7.75. The lowest BCUT2D eigenvalue weighted by Crippen LogP contribution is -2.36. The second-order valence-corrected chi connectivity index (χ2v) is 5.92. The summed E-state index contributed by atoms with van der Waals surface area (Å²) in [5, 5.41) is 0. The molecule has 0 atom stereocenters. The molecule has 0 radical (unpaired) electrons. The van der Waals surface area contributed by atoms with Crippen LogP contribution in [0.2, 0.25) is 0 Å². The Morgan fingerprint density at radius 3 is 2.42 bits per heavy atom. The van der Waals surface area contributed by atoms with Gasteiger partial charge in [-0.15, -0.1) is 0 Å². The first-order valence-corrected chi connectivity index (χ1v) is 8.13. The normalized spacial score (nSPS) is 16.2. The van der Waals surface area contributed by atoms with Gasteiger partial charge >= 0.3 is 6.18 Å². The Morgan fingerprint density at radius 2 is 1.85 bits per heavy atom. The molecule has 1 aromatic rings. The van der Waals surface area contributed by atoms with E-state index in [1.807, 2.05) is 0 Å². The van der Waals surface area contributed by atoms with Crippen molar-refractivity contribution in [1.29, 1.82) is 0 Å². The molecule has 0 aliphatic heterocycles. The molecule has 0 amide bonds. The van der Waals surface area contributed by atoms with Crippen LogP contribution in [0.15, 0.2) is 12.1 Å². The van der Waals surface area contributed by atoms with Gasteiger partial charge in [0.1, 0.15) is 11.6 Å². The first-order valence-electron chi connectivity index (χ1n) is 7.76. The molecule has 1 aliphatic carbocycles. The Hall–Kier alpha value is -1.78. The van der Waals surface area contributed by atoms with E-state index < -0.39 is 41.7 Å². The van der Waals surface area contributed by atoms with Crippen molar-refractivity contribution < 1.29 is 36.5 Å². The number of pyridine rings is 1. The molecule has 0 aromatic carbocycles. The zero-order chi connectivity index (χ0) is 19.3. The van der Waals surface area contributed by atoms with Gasteiger partial charge in [0, 0.05) is 18.4 Å². The van der Waals surface area contributed by atoms with Crippen molar-refractivity contribution in [2.45, 2.75) is 32.0 Å². The number of halogens is 3. The average Bonchev–Trinajstić information content (AvgIpc) is 2.57. The molecule has 0 unspecified atom stereocenters. The van der Waals surface area contributed by atoms with Gasteiger partial charge in [-0.3, -0.25) is 14.4 Å². The van der Waals surface area contributed by atoms with Gasteiger partial charge in [-0.1, -0.05) is 0 Å². The maximum Gasteiger partial charge on any atom is 0.433 e. The third-order valence-corrected chi connectivity index (χ3v) is 4.02. The van der Waals surface area contributed by atoms with Crippen LogP contribution in [0.25, 0.3) is 0 Å². The van der Waals surface area contributed by atoms with Crippen molar-refractivity contribution in [1.82, 2.24) is 4.98 Å². The van der Waals surface area contributed by atoms with Crippen LogP contribution in [0.1, 0.15) is 41.0 Å². The Morgan fingerprint density at radius 1 is 1.19 bits per heavy atom. The lowest BCUT2D eigenvalue weighted by Gasteiger charge is -2.20. The molecule has 0 saturated heterocycles. The SMILES string of the molecule is O=C1CCCC(=O)C1C(=O)c1ccc(C(F)(F)F)nc1COCCOS. The molecule has 0 bridgehead atoms. The summed E-state index contributed by atoms with van der Waals surface area (Å²) in [6.45, 7) is -0.321. The van der Waals surface area contributed by atoms with Gasteiger partial charge in [0.05, 0.1) is 25.5 Å². The molecule has 26 heavy (non-hydrogen) atoms. The predicted molar refractivity (Wildman–Crippen MR) is 85.5 cm³/mol. The van der Waals surface area contributed by atoms with Gasteiger partial charge in [-0.25, -0.2) is 4.98 Å². The maximum atomic E-state index is 12.9. The molecule has 0 spiro atoms. The quantitative estimate of drug-likeness (QED) is 0.253. The van der Waals surface area contributed by atoms with E-state index in [4.69, 9.17) is 4.74 Å². The molecule has 1 fully saturated rings. The molecule has 2 rings (SSSR count). The third-order valence-electron chi connectivity index (χ3n) is 3.84. The molecule has 10 heteroatoms. The van der Waals surface area contributed by atoms with Gasteiger partial charge in [-0.2, -0.15) is 13.2 Å². The number of hydrogen-bond acceptors (Lipinski definition) is 7. The molecule has 142 valence electrons. The number of Topliss-reactive ketones (excluding diaryl/α,β-unsaturated/α-hetero) is 3. The highest BCUT2D eigenvalue weighted by atomic mass is 32.1. The number of ether oxygens (including phenoxy) is 1. The number of aromatic nitrogens is 1. The summed E-state index contributed by atoms with van der Waals surface area (Å²) >= 11 is 3.50. The average molecular weight is 391 g/mol. The summed E-state index contributed by atoms with van der Waals surface area (Å²) in [6, 6.07) is 1.58. The summed E-state index contributed by atoms with van der Waals surface area (Å²) < 4.78 is 48.3. The molecule has 1 saturated carbocycles. The second kappa shape index (κ2) is 8.74. The third kappa shape index (κ3) is 4.89. The van der Waals surface area contributed by atoms with Crippen molar-refractivity contribution in [2.75, 3.05) is 13.2 Å². The first kappa shape index (κ1) is 20.5. The van der Waals surface area contributed by atoms with Crippen LogP contribution < -0.4 is 0 Å². The van der Waals surface area contributed by atoms with Crippen LogP contribution in [0, 0.1) is 5.92 Å². The van der Waals surface area contributed by atoms with Crippen LogP contribution in [0.5, 0.6) is 0 Å². The summed E-state index contributed by atoms with van der Waals surface area (Å²) in [7, 11) is 0. The largest absolute Gasteiger partial charge is 0.433 e. The number of rotatable bonds is 7. The summed E-state index contributed by atoms with van der Waals surface area (Å²) in [5.41, 5.74) is -1.70. The van der Waals surface area contributed by atoms with E-state index in [1.165, 1.54) is 0 Å². The van der Waals surface area contributed by atoms with E-state index in [0.29, 0.717) is 12.5 Å². The molecule has 1 aromatic heterocycles. The fourth-order valence-electron chi connectivity index (χ4n) is 2.61. The molecule has 1 aliphatic rings. The van der Waals surface area contributed by atoms with Crippen LogP contribution in [-0.2, 0) is 31.3 Å². The first-order chi connectivity index (χ1) is 12.3. The van der Waals surface area contributed by atoms with Crippen LogP contribution in [-0.4, -0.2) is 35.5 Å². The van der Waals surface area contributed by atoms with Gasteiger partial charge < -0.3 is 8.92 Å². The van der Waals surface area contributed by atoms with Crippen LogP contribution >= 0.6 is 12.9 Å². The topological polar surface area (TPSA) is 82.6 Å². The van der Waals surface area contributed by atoms with E-state index in [1.54, 1.807) is 0 Å². The predicted octanol–water partition coefficient (Wildman–Crippen LogP) is 2.60. The summed E-state index contributed by atoms with van der Waals surface area (Å²) in [4.78, 5) is 40.0. The molecule has 6 nitrogen and oxygen atoms in total. The number of alkyl halides is 3. The van der Waals surface area contributed by atoms with Gasteiger partial charge in [0.25, 0.3) is 0 Å². The fraction of sp³-hybridized carbons (Fsp3) is 0.500. The lowest BCUT2D eigenvalue weighted by molar-refractivity contribution is -0.141. The Bertz CT molecular complexity index is 692. The number of thiol groups is 1. The smallest absolute Gasteiger partial charge is 0.373 e. The van der Waals surface area contributed by atoms with Crippen molar-refractivity contribution >= 4 is 30.3 Å².